The Morgan fingerprint density at radius 1 is 1.47 bits per heavy atom. The van der Waals surface area contributed by atoms with Crippen LogP contribution >= 0.6 is 0 Å². The topological polar surface area (TPSA) is 40.5 Å². The molecule has 2 unspecified atom stereocenters. The molecular formula is C12H23NO2. The molecular weight excluding hydrogens is 190 g/mol. The third-order valence-electron chi connectivity index (χ3n) is 3.44. The second-order valence-corrected chi connectivity index (χ2v) is 4.70. The van der Waals surface area contributed by atoms with Crippen molar-refractivity contribution in [2.24, 2.45) is 5.92 Å². The van der Waals surface area contributed by atoms with Gasteiger partial charge in [0, 0.05) is 12.6 Å². The Bertz CT molecular complexity index is 206. The zero-order valence-corrected chi connectivity index (χ0v) is 9.91. The smallest absolute Gasteiger partial charge is 0.304 e. The van der Waals surface area contributed by atoms with E-state index in [2.05, 4.69) is 18.7 Å². The average molecular weight is 213 g/mol. The van der Waals surface area contributed by atoms with Crippen molar-refractivity contribution in [1.29, 1.82) is 0 Å². The number of hydrogen-bond acceptors (Lipinski definition) is 2. The summed E-state index contributed by atoms with van der Waals surface area (Å²) in [6, 6.07) is 0.623. The van der Waals surface area contributed by atoms with Crippen LogP contribution in [0.2, 0.25) is 0 Å². The zero-order valence-electron chi connectivity index (χ0n) is 9.91. The van der Waals surface area contributed by atoms with Crippen molar-refractivity contribution in [3.05, 3.63) is 0 Å². The van der Waals surface area contributed by atoms with E-state index in [1.807, 2.05) is 0 Å². The summed E-state index contributed by atoms with van der Waals surface area (Å²) in [4.78, 5) is 12.9. The van der Waals surface area contributed by atoms with E-state index in [-0.39, 0.29) is 6.42 Å². The summed E-state index contributed by atoms with van der Waals surface area (Å²) in [5, 5.41) is 8.68. The van der Waals surface area contributed by atoms with Crippen LogP contribution in [0.5, 0.6) is 0 Å². The highest BCUT2D eigenvalue weighted by Crippen LogP contribution is 2.27. The molecule has 0 spiro atoms. The molecule has 15 heavy (non-hydrogen) atoms. The normalized spacial score (nSPS) is 26.9. The van der Waals surface area contributed by atoms with Crippen LogP contribution in [0.15, 0.2) is 0 Å². The van der Waals surface area contributed by atoms with E-state index in [4.69, 9.17) is 5.11 Å². The summed E-state index contributed by atoms with van der Waals surface area (Å²) in [5.41, 5.74) is 0. The zero-order chi connectivity index (χ0) is 11.3. The second-order valence-electron chi connectivity index (χ2n) is 4.70. The largest absolute Gasteiger partial charge is 0.481 e. The first-order valence-corrected chi connectivity index (χ1v) is 6.09. The van der Waals surface area contributed by atoms with Crippen molar-refractivity contribution in [2.75, 3.05) is 13.1 Å². The molecule has 0 radical (unpaired) electrons. The average Bonchev–Trinajstić information content (AvgIpc) is 2.18. The minimum atomic E-state index is -0.683. The first-order chi connectivity index (χ1) is 7.13. The van der Waals surface area contributed by atoms with Crippen LogP contribution in [0.4, 0.5) is 0 Å². The monoisotopic (exact) mass is 213 g/mol. The molecule has 3 nitrogen and oxygen atoms in total. The maximum Gasteiger partial charge on any atom is 0.304 e. The summed E-state index contributed by atoms with van der Waals surface area (Å²) < 4.78 is 0. The lowest BCUT2D eigenvalue weighted by atomic mass is 9.86. The van der Waals surface area contributed by atoms with E-state index in [9.17, 15) is 4.79 Å². The van der Waals surface area contributed by atoms with Gasteiger partial charge in [-0.3, -0.25) is 4.79 Å². The van der Waals surface area contributed by atoms with Gasteiger partial charge in [-0.15, -0.1) is 0 Å². The number of rotatable bonds is 5. The van der Waals surface area contributed by atoms with E-state index in [0.29, 0.717) is 12.6 Å². The van der Waals surface area contributed by atoms with Gasteiger partial charge < -0.3 is 10.0 Å². The molecule has 1 saturated carbocycles. The molecule has 1 aliphatic rings. The van der Waals surface area contributed by atoms with E-state index in [0.717, 1.165) is 12.5 Å². The minimum absolute atomic E-state index is 0.277. The summed E-state index contributed by atoms with van der Waals surface area (Å²) in [7, 11) is 0. The first kappa shape index (κ1) is 12.5. The number of carbonyl (C=O) groups is 1. The highest BCUT2D eigenvalue weighted by molar-refractivity contribution is 5.66. The van der Waals surface area contributed by atoms with Crippen LogP contribution in [-0.2, 0) is 4.79 Å². The van der Waals surface area contributed by atoms with Gasteiger partial charge in [0.25, 0.3) is 0 Å². The molecule has 0 saturated heterocycles. The highest BCUT2D eigenvalue weighted by Gasteiger charge is 2.23. The molecule has 0 aliphatic heterocycles. The van der Waals surface area contributed by atoms with Crippen LogP contribution in [-0.4, -0.2) is 35.1 Å². The predicted octanol–water partition coefficient (Wildman–Crippen LogP) is 2.36. The first-order valence-electron chi connectivity index (χ1n) is 6.09. The highest BCUT2D eigenvalue weighted by atomic mass is 16.4. The van der Waals surface area contributed by atoms with E-state index in [1.165, 1.54) is 25.7 Å². The fourth-order valence-corrected chi connectivity index (χ4v) is 2.57. The number of carboxylic acid groups (broad SMARTS) is 1. The van der Waals surface area contributed by atoms with Crippen molar-refractivity contribution in [3.8, 4) is 0 Å². The Morgan fingerprint density at radius 3 is 2.73 bits per heavy atom. The molecule has 3 heteroatoms. The van der Waals surface area contributed by atoms with E-state index in [1.54, 1.807) is 0 Å². The fourth-order valence-electron chi connectivity index (χ4n) is 2.57. The van der Waals surface area contributed by atoms with Crippen LogP contribution in [0.25, 0.3) is 0 Å². The van der Waals surface area contributed by atoms with Crippen molar-refractivity contribution < 1.29 is 9.90 Å². The molecule has 1 N–H and O–H groups in total. The lowest BCUT2D eigenvalue weighted by molar-refractivity contribution is -0.137. The van der Waals surface area contributed by atoms with Crippen molar-refractivity contribution in [3.63, 3.8) is 0 Å². The summed E-state index contributed by atoms with van der Waals surface area (Å²) in [6.45, 7) is 6.12. The Kier molecular flexibility index (Phi) is 5.09. The standard InChI is InChI=1S/C12H23NO2/c1-3-13(8-7-12(14)15)11-6-4-5-10(2)9-11/h10-11H,3-9H2,1-2H3,(H,14,15). The molecule has 2 atom stereocenters. The molecule has 0 heterocycles. The van der Waals surface area contributed by atoms with Crippen LogP contribution < -0.4 is 0 Å². The quantitative estimate of drug-likeness (QED) is 0.762. The molecule has 88 valence electrons. The third kappa shape index (κ3) is 4.20. The lowest BCUT2D eigenvalue weighted by Crippen LogP contribution is -2.39. The molecule has 0 aromatic rings. The Hall–Kier alpha value is -0.570. The van der Waals surface area contributed by atoms with Crippen LogP contribution in [0, 0.1) is 5.92 Å². The van der Waals surface area contributed by atoms with Gasteiger partial charge in [-0.25, -0.2) is 0 Å². The van der Waals surface area contributed by atoms with Gasteiger partial charge in [0.2, 0.25) is 0 Å². The van der Waals surface area contributed by atoms with Crippen molar-refractivity contribution in [1.82, 2.24) is 4.90 Å². The van der Waals surface area contributed by atoms with Crippen molar-refractivity contribution >= 4 is 5.97 Å². The molecule has 0 bridgehead atoms. The van der Waals surface area contributed by atoms with Gasteiger partial charge in [-0.05, 0) is 25.3 Å². The lowest BCUT2D eigenvalue weighted by Gasteiger charge is -2.35. The number of aliphatic carboxylic acids is 1. The van der Waals surface area contributed by atoms with Crippen LogP contribution in [0.1, 0.15) is 46.0 Å². The summed E-state index contributed by atoms with van der Waals surface area (Å²) in [5.74, 6) is 0.125. The minimum Gasteiger partial charge on any atom is -0.481 e. The molecule has 0 amide bonds. The summed E-state index contributed by atoms with van der Waals surface area (Å²) >= 11 is 0. The fraction of sp³-hybridized carbons (Fsp3) is 0.917. The van der Waals surface area contributed by atoms with Gasteiger partial charge in [-0.1, -0.05) is 26.7 Å². The van der Waals surface area contributed by atoms with Crippen molar-refractivity contribution in [2.45, 2.75) is 52.0 Å². The van der Waals surface area contributed by atoms with E-state index < -0.39 is 5.97 Å². The summed E-state index contributed by atoms with van der Waals surface area (Å²) in [6.07, 6.45) is 5.41. The molecule has 1 aliphatic carbocycles. The van der Waals surface area contributed by atoms with Gasteiger partial charge in [0.1, 0.15) is 0 Å². The number of nitrogens with zero attached hydrogens (tertiary/aromatic N) is 1. The third-order valence-corrected chi connectivity index (χ3v) is 3.44. The van der Waals surface area contributed by atoms with Gasteiger partial charge in [0.15, 0.2) is 0 Å². The SMILES string of the molecule is CCN(CCC(=O)O)C1CCCC(C)C1. The maximum atomic E-state index is 10.5. The van der Waals surface area contributed by atoms with Gasteiger partial charge in [0.05, 0.1) is 6.42 Å². The Balaban J connectivity index is 2.38. The number of carboxylic acids is 1. The Morgan fingerprint density at radius 2 is 2.20 bits per heavy atom. The van der Waals surface area contributed by atoms with Crippen LogP contribution in [0.3, 0.4) is 0 Å². The van der Waals surface area contributed by atoms with E-state index >= 15 is 0 Å². The van der Waals surface area contributed by atoms with Gasteiger partial charge in [-0.2, -0.15) is 0 Å². The molecule has 1 rings (SSSR count). The number of hydrogen-bond donors (Lipinski definition) is 1. The predicted molar refractivity (Wildman–Crippen MR) is 60.9 cm³/mol. The van der Waals surface area contributed by atoms with Gasteiger partial charge >= 0.3 is 5.97 Å². The molecule has 0 aromatic heterocycles. The second kappa shape index (κ2) is 6.11. The maximum absolute atomic E-state index is 10.5. The molecule has 1 fully saturated rings. The molecule has 0 aromatic carbocycles. The Labute approximate surface area is 92.5 Å².